The molecule has 0 aromatic carbocycles. The molecule has 0 aliphatic carbocycles. The van der Waals surface area contributed by atoms with E-state index in [0.29, 0.717) is 17.9 Å². The Morgan fingerprint density at radius 1 is 1.41 bits per heavy atom. The van der Waals surface area contributed by atoms with Gasteiger partial charge in [0.05, 0.1) is 17.9 Å². The number of H-pyrrole nitrogens is 1. The van der Waals surface area contributed by atoms with Crippen LogP contribution >= 0.6 is 0 Å². The summed E-state index contributed by atoms with van der Waals surface area (Å²) in [5, 5.41) is 8.89. The Morgan fingerprint density at radius 2 is 2.06 bits per heavy atom. The summed E-state index contributed by atoms with van der Waals surface area (Å²) in [5.74, 6) is -0.366. The molecule has 0 aliphatic rings. The van der Waals surface area contributed by atoms with E-state index >= 15 is 0 Å². The first-order valence-electron chi connectivity index (χ1n) is 5.16. The summed E-state index contributed by atoms with van der Waals surface area (Å²) in [6.07, 6.45) is 0. The third-order valence-corrected chi connectivity index (χ3v) is 3.79. The summed E-state index contributed by atoms with van der Waals surface area (Å²) in [6, 6.07) is 0. The second-order valence-electron chi connectivity index (χ2n) is 3.54. The van der Waals surface area contributed by atoms with Crippen molar-refractivity contribution in [1.29, 1.82) is 0 Å². The number of aromatic amines is 1. The quantitative estimate of drug-likeness (QED) is 0.660. The summed E-state index contributed by atoms with van der Waals surface area (Å²) in [6.45, 7) is 5.15. The number of hydrogen-bond acceptors (Lipinski definition) is 4. The number of hydrogen-bond donors (Lipinski definition) is 3. The highest BCUT2D eigenvalue weighted by atomic mass is 32.2. The van der Waals surface area contributed by atoms with Crippen molar-refractivity contribution < 1.29 is 13.2 Å². The van der Waals surface area contributed by atoms with Crippen molar-refractivity contribution in [3.63, 3.8) is 0 Å². The maximum atomic E-state index is 11.9. The number of aromatic nitrogens is 2. The van der Waals surface area contributed by atoms with Crippen molar-refractivity contribution in [1.82, 2.24) is 20.2 Å². The Balaban J connectivity index is 2.80. The van der Waals surface area contributed by atoms with Crippen molar-refractivity contribution in [3.8, 4) is 0 Å². The maximum Gasteiger partial charge on any atom is 0.244 e. The van der Waals surface area contributed by atoms with Gasteiger partial charge >= 0.3 is 0 Å². The number of aryl methyl sites for hydroxylation is 2. The van der Waals surface area contributed by atoms with Crippen molar-refractivity contribution in [3.05, 3.63) is 11.4 Å². The first-order valence-corrected chi connectivity index (χ1v) is 6.64. The lowest BCUT2D eigenvalue weighted by Crippen LogP contribution is -2.37. The van der Waals surface area contributed by atoms with E-state index in [9.17, 15) is 13.2 Å². The Bertz CT molecular complexity index is 487. The highest BCUT2D eigenvalue weighted by molar-refractivity contribution is 7.89. The third-order valence-electron chi connectivity index (χ3n) is 2.13. The number of likely N-dealkylation sites (N-methyl/N-ethyl adjacent to an activating group) is 1. The molecule has 0 atom stereocenters. The fourth-order valence-electron chi connectivity index (χ4n) is 1.43. The van der Waals surface area contributed by atoms with Gasteiger partial charge in [-0.25, -0.2) is 13.1 Å². The van der Waals surface area contributed by atoms with E-state index in [1.165, 1.54) is 0 Å². The Hall–Kier alpha value is -1.41. The number of carbonyl (C=O) groups excluding carboxylic acids is 1. The lowest BCUT2D eigenvalue weighted by Gasteiger charge is -2.06. The average Bonchev–Trinajstić information content (AvgIpc) is 2.57. The van der Waals surface area contributed by atoms with Crippen molar-refractivity contribution in [2.24, 2.45) is 0 Å². The molecule has 8 heteroatoms. The Labute approximate surface area is 100 Å². The highest BCUT2D eigenvalue weighted by Crippen LogP contribution is 2.15. The maximum absolute atomic E-state index is 11.9. The predicted molar refractivity (Wildman–Crippen MR) is 61.9 cm³/mol. The lowest BCUT2D eigenvalue weighted by atomic mass is 10.4. The molecule has 0 unspecified atom stereocenters. The molecule has 0 bridgehead atoms. The Kier molecular flexibility index (Phi) is 4.24. The van der Waals surface area contributed by atoms with Crippen molar-refractivity contribution >= 4 is 15.9 Å². The van der Waals surface area contributed by atoms with Gasteiger partial charge in [0, 0.05) is 6.54 Å². The van der Waals surface area contributed by atoms with Gasteiger partial charge in [0.25, 0.3) is 0 Å². The van der Waals surface area contributed by atoms with Gasteiger partial charge in [0.2, 0.25) is 15.9 Å². The molecule has 0 radical (unpaired) electrons. The van der Waals surface area contributed by atoms with Crippen LogP contribution in [0.4, 0.5) is 0 Å². The van der Waals surface area contributed by atoms with Gasteiger partial charge in [-0.1, -0.05) is 0 Å². The molecule has 7 nitrogen and oxygen atoms in total. The number of amides is 1. The van der Waals surface area contributed by atoms with Crippen LogP contribution in [0.2, 0.25) is 0 Å². The van der Waals surface area contributed by atoms with Crippen LogP contribution < -0.4 is 10.0 Å². The molecule has 17 heavy (non-hydrogen) atoms. The van der Waals surface area contributed by atoms with Crippen LogP contribution in [0.3, 0.4) is 0 Å². The van der Waals surface area contributed by atoms with Crippen LogP contribution in [0, 0.1) is 13.8 Å². The summed E-state index contributed by atoms with van der Waals surface area (Å²) in [5.41, 5.74) is 0.830. The van der Waals surface area contributed by atoms with Gasteiger partial charge in [0.15, 0.2) is 0 Å². The molecule has 0 saturated heterocycles. The van der Waals surface area contributed by atoms with Crippen LogP contribution in [0.15, 0.2) is 4.90 Å². The Morgan fingerprint density at radius 3 is 2.53 bits per heavy atom. The van der Waals surface area contributed by atoms with Gasteiger partial charge in [-0.2, -0.15) is 5.10 Å². The van der Waals surface area contributed by atoms with E-state index in [0.717, 1.165) is 0 Å². The van der Waals surface area contributed by atoms with Crippen LogP contribution in [-0.4, -0.2) is 37.6 Å². The first-order chi connectivity index (χ1) is 7.88. The average molecular weight is 260 g/mol. The zero-order valence-corrected chi connectivity index (χ0v) is 10.8. The topological polar surface area (TPSA) is 104 Å². The van der Waals surface area contributed by atoms with Gasteiger partial charge in [-0.15, -0.1) is 0 Å². The van der Waals surface area contributed by atoms with E-state index in [4.69, 9.17) is 0 Å². The molecule has 0 spiro atoms. The van der Waals surface area contributed by atoms with Gasteiger partial charge < -0.3 is 5.32 Å². The number of nitrogens with one attached hydrogen (secondary N) is 3. The molecule has 3 N–H and O–H groups in total. The second kappa shape index (κ2) is 5.28. The van der Waals surface area contributed by atoms with Crippen molar-refractivity contribution in [2.75, 3.05) is 13.1 Å². The van der Waals surface area contributed by atoms with Gasteiger partial charge in [-0.05, 0) is 20.8 Å². The predicted octanol–water partition coefficient (Wildman–Crippen LogP) is -0.559. The molecule has 96 valence electrons. The van der Waals surface area contributed by atoms with Gasteiger partial charge in [-0.3, -0.25) is 9.89 Å². The fourth-order valence-corrected chi connectivity index (χ4v) is 2.78. The molecule has 0 saturated carbocycles. The van der Waals surface area contributed by atoms with Crippen LogP contribution in [0.1, 0.15) is 18.3 Å². The van der Waals surface area contributed by atoms with Crippen molar-refractivity contribution in [2.45, 2.75) is 25.7 Å². The number of sulfonamides is 1. The molecule has 1 aromatic rings. The molecular formula is C9H16N4O3S. The zero-order chi connectivity index (χ0) is 13.1. The SMILES string of the molecule is CCNC(=O)CNS(=O)(=O)c1c(C)n[nH]c1C. The summed E-state index contributed by atoms with van der Waals surface area (Å²) in [4.78, 5) is 11.3. The molecule has 1 amide bonds. The highest BCUT2D eigenvalue weighted by Gasteiger charge is 2.22. The minimum absolute atomic E-state index is 0.0989. The van der Waals surface area contributed by atoms with Gasteiger partial charge in [0.1, 0.15) is 4.90 Å². The number of carbonyl (C=O) groups is 1. The third kappa shape index (κ3) is 3.27. The smallest absolute Gasteiger partial charge is 0.244 e. The van der Waals surface area contributed by atoms with E-state index in [2.05, 4.69) is 20.2 Å². The molecule has 0 aliphatic heterocycles. The molecule has 1 heterocycles. The zero-order valence-electron chi connectivity index (χ0n) is 9.99. The first kappa shape index (κ1) is 13.7. The lowest BCUT2D eigenvalue weighted by molar-refractivity contribution is -0.119. The molecule has 1 aromatic heterocycles. The summed E-state index contributed by atoms with van der Waals surface area (Å²) in [7, 11) is -3.70. The van der Waals surface area contributed by atoms with E-state index in [1.807, 2.05) is 0 Å². The van der Waals surface area contributed by atoms with E-state index < -0.39 is 10.0 Å². The number of nitrogens with zero attached hydrogens (tertiary/aromatic N) is 1. The summed E-state index contributed by atoms with van der Waals surface area (Å²) < 4.78 is 26.0. The van der Waals surface area contributed by atoms with Crippen LogP contribution in [0.25, 0.3) is 0 Å². The summed E-state index contributed by atoms with van der Waals surface area (Å²) >= 11 is 0. The standard InChI is InChI=1S/C9H16N4O3S/c1-4-10-8(14)5-11-17(15,16)9-6(2)12-13-7(9)3/h11H,4-5H2,1-3H3,(H,10,14)(H,12,13). The van der Waals surface area contributed by atoms with E-state index in [1.54, 1.807) is 20.8 Å². The largest absolute Gasteiger partial charge is 0.355 e. The fraction of sp³-hybridized carbons (Fsp3) is 0.556. The molecular weight excluding hydrogens is 244 g/mol. The minimum Gasteiger partial charge on any atom is -0.355 e. The van der Waals surface area contributed by atoms with E-state index in [-0.39, 0.29) is 17.3 Å². The normalized spacial score (nSPS) is 11.5. The molecule has 0 fully saturated rings. The minimum atomic E-state index is -3.70. The monoisotopic (exact) mass is 260 g/mol. The van der Waals surface area contributed by atoms with Crippen LogP contribution in [0.5, 0.6) is 0 Å². The second-order valence-corrected chi connectivity index (χ2v) is 5.24. The van der Waals surface area contributed by atoms with Crippen LogP contribution in [-0.2, 0) is 14.8 Å². The molecule has 1 rings (SSSR count). The number of rotatable bonds is 5.